The van der Waals surface area contributed by atoms with Gasteiger partial charge in [0.1, 0.15) is 6.04 Å². The van der Waals surface area contributed by atoms with Crippen LogP contribution in [0.3, 0.4) is 0 Å². The van der Waals surface area contributed by atoms with Gasteiger partial charge in [0.25, 0.3) is 5.91 Å². The van der Waals surface area contributed by atoms with Crippen LogP contribution in [-0.4, -0.2) is 41.9 Å². The number of benzene rings is 2. The molecule has 6 heteroatoms. The Morgan fingerprint density at radius 2 is 1.86 bits per heavy atom. The maximum atomic E-state index is 12.5. The fourth-order valence-corrected chi connectivity index (χ4v) is 3.70. The van der Waals surface area contributed by atoms with Crippen molar-refractivity contribution in [2.45, 2.75) is 38.4 Å². The lowest BCUT2D eigenvalue weighted by Crippen LogP contribution is -2.52. The van der Waals surface area contributed by atoms with E-state index in [0.717, 1.165) is 36.9 Å². The van der Waals surface area contributed by atoms with Gasteiger partial charge in [-0.15, -0.1) is 0 Å². The van der Waals surface area contributed by atoms with Gasteiger partial charge in [0.15, 0.2) is 0 Å². The van der Waals surface area contributed by atoms with Crippen LogP contribution >= 0.6 is 15.9 Å². The highest BCUT2D eigenvalue weighted by Gasteiger charge is 2.24. The number of carbonyl (C=O) groups is 2. The van der Waals surface area contributed by atoms with E-state index in [0.29, 0.717) is 5.56 Å². The predicted molar refractivity (Wildman–Crippen MR) is 114 cm³/mol. The van der Waals surface area contributed by atoms with Crippen molar-refractivity contribution in [3.05, 3.63) is 70.2 Å². The normalized spacial score (nSPS) is 18.3. The molecule has 2 amide bonds. The first kappa shape index (κ1) is 20.6. The second-order valence-corrected chi connectivity index (χ2v) is 8.19. The number of nitrogens with zero attached hydrogens (tertiary/aromatic N) is 1. The fraction of sp³-hybridized carbons (Fsp3) is 0.364. The molecule has 1 fully saturated rings. The summed E-state index contributed by atoms with van der Waals surface area (Å²) in [6.45, 7) is 4.48. The van der Waals surface area contributed by atoms with Gasteiger partial charge in [-0.25, -0.2) is 0 Å². The van der Waals surface area contributed by atoms with E-state index in [1.54, 1.807) is 19.1 Å². The fourth-order valence-electron chi connectivity index (χ4n) is 3.43. The van der Waals surface area contributed by atoms with Crippen LogP contribution < -0.4 is 10.6 Å². The highest BCUT2D eigenvalue weighted by molar-refractivity contribution is 9.10. The molecule has 1 aliphatic rings. The minimum absolute atomic E-state index is 0.108. The average Bonchev–Trinajstić information content (AvgIpc) is 2.69. The van der Waals surface area contributed by atoms with Crippen LogP contribution in [0.25, 0.3) is 0 Å². The Kier molecular flexibility index (Phi) is 7.23. The van der Waals surface area contributed by atoms with Gasteiger partial charge in [0, 0.05) is 29.2 Å². The zero-order valence-electron chi connectivity index (χ0n) is 16.0. The lowest BCUT2D eigenvalue weighted by Gasteiger charge is -2.33. The molecule has 1 heterocycles. The molecule has 0 radical (unpaired) electrons. The molecule has 0 spiro atoms. The first-order valence-corrected chi connectivity index (χ1v) is 10.4. The molecule has 0 aromatic heterocycles. The van der Waals surface area contributed by atoms with Crippen LogP contribution in [0, 0.1) is 0 Å². The van der Waals surface area contributed by atoms with Crippen LogP contribution in [-0.2, 0) is 11.3 Å². The number of piperidine rings is 1. The quantitative estimate of drug-likeness (QED) is 0.719. The molecule has 148 valence electrons. The number of rotatable bonds is 6. The topological polar surface area (TPSA) is 61.4 Å². The molecule has 1 aliphatic heterocycles. The lowest BCUT2D eigenvalue weighted by molar-refractivity contribution is -0.123. The number of hydrogen-bond acceptors (Lipinski definition) is 3. The molecular formula is C22H26BrN3O2. The Hall–Kier alpha value is -2.18. The standard InChI is InChI=1S/C22H26BrN3O2/c1-16(24-22(28)18-9-11-19(23)12-10-18)21(27)25-20-8-5-13-26(15-20)14-17-6-3-2-4-7-17/h2-4,6-7,9-12,16,20H,5,8,13-15H2,1H3,(H,24,28)(H,25,27)/t16-,20+/m0/s1. The van der Waals surface area contributed by atoms with Gasteiger partial charge < -0.3 is 10.6 Å². The van der Waals surface area contributed by atoms with E-state index in [1.807, 2.05) is 30.3 Å². The molecule has 0 unspecified atom stereocenters. The molecular weight excluding hydrogens is 418 g/mol. The molecule has 0 bridgehead atoms. The van der Waals surface area contributed by atoms with Gasteiger partial charge in [-0.3, -0.25) is 14.5 Å². The third-order valence-corrected chi connectivity index (χ3v) is 5.48. The van der Waals surface area contributed by atoms with E-state index in [1.165, 1.54) is 5.56 Å². The summed E-state index contributed by atoms with van der Waals surface area (Å²) < 4.78 is 0.909. The predicted octanol–water partition coefficient (Wildman–Crippen LogP) is 3.35. The van der Waals surface area contributed by atoms with Gasteiger partial charge in [-0.05, 0) is 56.1 Å². The number of likely N-dealkylation sites (tertiary alicyclic amines) is 1. The molecule has 0 aliphatic carbocycles. The van der Waals surface area contributed by atoms with E-state index in [2.05, 4.69) is 43.6 Å². The van der Waals surface area contributed by atoms with Crippen LogP contribution in [0.15, 0.2) is 59.1 Å². The first-order chi connectivity index (χ1) is 13.5. The third-order valence-electron chi connectivity index (χ3n) is 4.95. The molecule has 2 aromatic carbocycles. The van der Waals surface area contributed by atoms with E-state index in [-0.39, 0.29) is 17.9 Å². The van der Waals surface area contributed by atoms with Crippen molar-refractivity contribution in [1.82, 2.24) is 15.5 Å². The van der Waals surface area contributed by atoms with Crippen molar-refractivity contribution in [3.8, 4) is 0 Å². The minimum atomic E-state index is -0.583. The zero-order valence-corrected chi connectivity index (χ0v) is 17.6. The van der Waals surface area contributed by atoms with Crippen LogP contribution in [0.2, 0.25) is 0 Å². The maximum absolute atomic E-state index is 12.5. The van der Waals surface area contributed by atoms with Gasteiger partial charge in [-0.2, -0.15) is 0 Å². The summed E-state index contributed by atoms with van der Waals surface area (Å²) in [5.41, 5.74) is 1.82. The summed E-state index contributed by atoms with van der Waals surface area (Å²) in [4.78, 5) is 27.2. The summed E-state index contributed by atoms with van der Waals surface area (Å²) in [7, 11) is 0. The Balaban J connectivity index is 1.49. The second kappa shape index (κ2) is 9.85. The van der Waals surface area contributed by atoms with E-state index < -0.39 is 6.04 Å². The van der Waals surface area contributed by atoms with Crippen LogP contribution in [0.5, 0.6) is 0 Å². The van der Waals surface area contributed by atoms with Gasteiger partial charge in [-0.1, -0.05) is 46.3 Å². The highest BCUT2D eigenvalue weighted by Crippen LogP contribution is 2.14. The van der Waals surface area contributed by atoms with Gasteiger partial charge in [0.2, 0.25) is 5.91 Å². The van der Waals surface area contributed by atoms with E-state index in [4.69, 9.17) is 0 Å². The Labute approximate surface area is 174 Å². The molecule has 3 rings (SSSR count). The van der Waals surface area contributed by atoms with E-state index in [9.17, 15) is 9.59 Å². The molecule has 2 atom stereocenters. The molecule has 0 saturated carbocycles. The number of amides is 2. The third kappa shape index (κ3) is 5.91. The smallest absolute Gasteiger partial charge is 0.251 e. The minimum Gasteiger partial charge on any atom is -0.350 e. The van der Waals surface area contributed by atoms with E-state index >= 15 is 0 Å². The molecule has 2 N–H and O–H groups in total. The van der Waals surface area contributed by atoms with Crippen molar-refractivity contribution < 1.29 is 9.59 Å². The number of nitrogens with one attached hydrogen (secondary N) is 2. The Morgan fingerprint density at radius 3 is 2.57 bits per heavy atom. The number of hydrogen-bond donors (Lipinski definition) is 2. The Morgan fingerprint density at radius 1 is 1.14 bits per heavy atom. The second-order valence-electron chi connectivity index (χ2n) is 7.27. The zero-order chi connectivity index (χ0) is 19.9. The molecule has 5 nitrogen and oxygen atoms in total. The summed E-state index contributed by atoms with van der Waals surface area (Å²) in [5, 5.41) is 5.87. The summed E-state index contributed by atoms with van der Waals surface area (Å²) in [6, 6.07) is 17.0. The molecule has 2 aromatic rings. The monoisotopic (exact) mass is 443 g/mol. The average molecular weight is 444 g/mol. The Bertz CT molecular complexity index is 795. The van der Waals surface area contributed by atoms with Crippen molar-refractivity contribution >= 4 is 27.7 Å². The van der Waals surface area contributed by atoms with Crippen molar-refractivity contribution in [1.29, 1.82) is 0 Å². The van der Waals surface area contributed by atoms with Crippen molar-refractivity contribution in [2.24, 2.45) is 0 Å². The SMILES string of the molecule is C[C@H](NC(=O)c1ccc(Br)cc1)C(=O)N[C@@H]1CCCN(Cc2ccccc2)C1. The molecule has 28 heavy (non-hydrogen) atoms. The van der Waals surface area contributed by atoms with Crippen LogP contribution in [0.4, 0.5) is 0 Å². The number of halogens is 1. The highest BCUT2D eigenvalue weighted by atomic mass is 79.9. The lowest BCUT2D eigenvalue weighted by atomic mass is 10.0. The number of carbonyl (C=O) groups excluding carboxylic acids is 2. The van der Waals surface area contributed by atoms with Crippen molar-refractivity contribution in [2.75, 3.05) is 13.1 Å². The summed E-state index contributed by atoms with van der Waals surface area (Å²) in [5.74, 6) is -0.387. The van der Waals surface area contributed by atoms with Crippen molar-refractivity contribution in [3.63, 3.8) is 0 Å². The summed E-state index contributed by atoms with van der Waals surface area (Å²) >= 11 is 3.35. The molecule has 1 saturated heterocycles. The largest absolute Gasteiger partial charge is 0.350 e. The van der Waals surface area contributed by atoms with Gasteiger partial charge >= 0.3 is 0 Å². The first-order valence-electron chi connectivity index (χ1n) is 9.64. The van der Waals surface area contributed by atoms with Gasteiger partial charge in [0.05, 0.1) is 0 Å². The summed E-state index contributed by atoms with van der Waals surface area (Å²) in [6.07, 6.45) is 2.02. The van der Waals surface area contributed by atoms with Crippen LogP contribution in [0.1, 0.15) is 35.7 Å². The maximum Gasteiger partial charge on any atom is 0.251 e.